The van der Waals surface area contributed by atoms with Crippen LogP contribution in [0.25, 0.3) is 0 Å². The molecule has 0 aliphatic carbocycles. The standard InChI is InChI=1S/C18H30F3N3O5/c1-9(2)12(14(25)18(19,20)21)22-15(26)11-7-6-8-24(11)16(27)13(10(3)4)23-17(28)29-5/h9-14,25H,6-8H2,1-5H3,(H,22,26)(H,23,28)/t11-,12+,13-,14-/m0/s1. The van der Waals surface area contributed by atoms with Gasteiger partial charge in [-0.3, -0.25) is 9.59 Å². The summed E-state index contributed by atoms with van der Waals surface area (Å²) in [6.07, 6.45) is -7.65. The molecule has 1 heterocycles. The number of alkyl halides is 3. The van der Waals surface area contributed by atoms with Gasteiger partial charge in [0.25, 0.3) is 0 Å². The van der Waals surface area contributed by atoms with Crippen LogP contribution in [0.2, 0.25) is 0 Å². The minimum absolute atomic E-state index is 0.233. The van der Waals surface area contributed by atoms with Gasteiger partial charge in [-0.25, -0.2) is 4.79 Å². The van der Waals surface area contributed by atoms with Crippen LogP contribution >= 0.6 is 0 Å². The quantitative estimate of drug-likeness (QED) is 0.572. The molecule has 0 aromatic heterocycles. The molecule has 1 aliphatic heterocycles. The van der Waals surface area contributed by atoms with Crippen LogP contribution in [-0.2, 0) is 14.3 Å². The van der Waals surface area contributed by atoms with Crippen molar-refractivity contribution in [3.8, 4) is 0 Å². The van der Waals surface area contributed by atoms with E-state index in [-0.39, 0.29) is 18.9 Å². The number of carbonyl (C=O) groups excluding carboxylic acids is 3. The number of carbonyl (C=O) groups is 3. The van der Waals surface area contributed by atoms with Crippen LogP contribution in [0.15, 0.2) is 0 Å². The van der Waals surface area contributed by atoms with Crippen LogP contribution < -0.4 is 10.6 Å². The monoisotopic (exact) mass is 425 g/mol. The predicted octanol–water partition coefficient (Wildman–Crippen LogP) is 1.42. The van der Waals surface area contributed by atoms with Gasteiger partial charge in [-0.1, -0.05) is 27.7 Å². The zero-order chi connectivity index (χ0) is 22.5. The number of alkyl carbamates (subject to hydrolysis) is 1. The topological polar surface area (TPSA) is 108 Å². The molecule has 0 aromatic rings. The van der Waals surface area contributed by atoms with E-state index < -0.39 is 54.2 Å². The second kappa shape index (κ2) is 10.1. The van der Waals surface area contributed by atoms with Crippen molar-refractivity contribution in [1.82, 2.24) is 15.5 Å². The van der Waals surface area contributed by atoms with Crippen molar-refractivity contribution in [3.05, 3.63) is 0 Å². The van der Waals surface area contributed by atoms with Gasteiger partial charge in [-0.15, -0.1) is 0 Å². The Morgan fingerprint density at radius 2 is 1.69 bits per heavy atom. The lowest BCUT2D eigenvalue weighted by atomic mass is 9.97. The molecule has 3 N–H and O–H groups in total. The summed E-state index contributed by atoms with van der Waals surface area (Å²) in [4.78, 5) is 38.4. The van der Waals surface area contributed by atoms with E-state index >= 15 is 0 Å². The number of rotatable bonds is 7. The van der Waals surface area contributed by atoms with Crippen LogP contribution in [0.5, 0.6) is 0 Å². The number of nitrogens with one attached hydrogen (secondary N) is 2. The summed E-state index contributed by atoms with van der Waals surface area (Å²) in [5.41, 5.74) is 0. The van der Waals surface area contributed by atoms with E-state index in [1.54, 1.807) is 13.8 Å². The first-order chi connectivity index (χ1) is 13.3. The molecule has 29 heavy (non-hydrogen) atoms. The predicted molar refractivity (Wildman–Crippen MR) is 97.7 cm³/mol. The van der Waals surface area contributed by atoms with Gasteiger partial charge < -0.3 is 25.4 Å². The fourth-order valence-corrected chi connectivity index (χ4v) is 3.26. The van der Waals surface area contributed by atoms with Crippen LogP contribution in [0, 0.1) is 11.8 Å². The van der Waals surface area contributed by atoms with E-state index in [9.17, 15) is 32.7 Å². The summed E-state index contributed by atoms with van der Waals surface area (Å²) >= 11 is 0. The fourth-order valence-electron chi connectivity index (χ4n) is 3.26. The number of aliphatic hydroxyl groups is 1. The molecule has 1 rings (SSSR count). The molecule has 168 valence electrons. The molecule has 0 radical (unpaired) electrons. The molecular weight excluding hydrogens is 395 g/mol. The first kappa shape index (κ1) is 25.0. The molecule has 4 atom stereocenters. The summed E-state index contributed by atoms with van der Waals surface area (Å²) < 4.78 is 43.3. The van der Waals surface area contributed by atoms with Gasteiger partial charge in [-0.2, -0.15) is 13.2 Å². The lowest BCUT2D eigenvalue weighted by Gasteiger charge is -2.33. The molecular formula is C18H30F3N3O5. The highest BCUT2D eigenvalue weighted by atomic mass is 19.4. The fraction of sp³-hybridized carbons (Fsp3) is 0.833. The van der Waals surface area contributed by atoms with Gasteiger partial charge in [0.1, 0.15) is 12.1 Å². The smallest absolute Gasteiger partial charge is 0.416 e. The molecule has 8 nitrogen and oxygen atoms in total. The highest BCUT2D eigenvalue weighted by Gasteiger charge is 2.46. The average Bonchev–Trinajstić information content (AvgIpc) is 3.11. The Balaban J connectivity index is 2.97. The molecule has 0 saturated carbocycles. The average molecular weight is 425 g/mol. The van der Waals surface area contributed by atoms with E-state index in [0.29, 0.717) is 6.42 Å². The zero-order valence-electron chi connectivity index (χ0n) is 17.2. The van der Waals surface area contributed by atoms with E-state index in [1.807, 2.05) is 0 Å². The second-order valence-corrected chi connectivity index (χ2v) is 7.81. The maximum absolute atomic E-state index is 12.9. The molecule has 0 unspecified atom stereocenters. The molecule has 11 heteroatoms. The van der Waals surface area contributed by atoms with E-state index in [4.69, 9.17) is 0 Å². The van der Waals surface area contributed by atoms with Gasteiger partial charge in [-0.05, 0) is 24.7 Å². The van der Waals surface area contributed by atoms with Crippen molar-refractivity contribution in [2.75, 3.05) is 13.7 Å². The number of halogens is 3. The Morgan fingerprint density at radius 3 is 2.14 bits per heavy atom. The Labute approximate surface area is 168 Å². The lowest BCUT2D eigenvalue weighted by Crippen LogP contribution is -2.59. The Bertz CT molecular complexity index is 598. The van der Waals surface area contributed by atoms with Gasteiger partial charge in [0.15, 0.2) is 6.10 Å². The number of hydrogen-bond donors (Lipinski definition) is 3. The van der Waals surface area contributed by atoms with Crippen molar-refractivity contribution in [2.45, 2.75) is 70.9 Å². The number of aliphatic hydroxyl groups excluding tert-OH is 1. The Kier molecular flexibility index (Phi) is 8.73. The van der Waals surface area contributed by atoms with E-state index in [1.165, 1.54) is 18.7 Å². The third kappa shape index (κ3) is 6.48. The summed E-state index contributed by atoms with van der Waals surface area (Å²) in [6, 6.07) is -3.48. The lowest BCUT2D eigenvalue weighted by molar-refractivity contribution is -0.215. The minimum Gasteiger partial charge on any atom is -0.453 e. The Hall–Kier alpha value is -2.04. The molecule has 1 fully saturated rings. The number of hydrogen-bond acceptors (Lipinski definition) is 5. The number of methoxy groups -OCH3 is 1. The summed E-state index contributed by atoms with van der Waals surface area (Å²) in [5, 5.41) is 14.3. The Morgan fingerprint density at radius 1 is 1.10 bits per heavy atom. The SMILES string of the molecule is COC(=O)N[C@H](C(=O)N1CCC[C@H]1C(=O)N[C@H](C(C)C)[C@H](O)C(F)(F)F)C(C)C. The summed E-state index contributed by atoms with van der Waals surface area (Å²) in [5.74, 6) is -2.27. The number of ether oxygens (including phenoxy) is 1. The molecule has 0 spiro atoms. The molecule has 0 aromatic carbocycles. The van der Waals surface area contributed by atoms with Crippen molar-refractivity contribution >= 4 is 17.9 Å². The van der Waals surface area contributed by atoms with Crippen LogP contribution in [-0.4, -0.2) is 72.0 Å². The molecule has 0 bridgehead atoms. The maximum atomic E-state index is 12.9. The van der Waals surface area contributed by atoms with Gasteiger partial charge in [0.2, 0.25) is 11.8 Å². The van der Waals surface area contributed by atoms with Crippen LogP contribution in [0.3, 0.4) is 0 Å². The number of likely N-dealkylation sites (tertiary alicyclic amines) is 1. The second-order valence-electron chi connectivity index (χ2n) is 7.81. The van der Waals surface area contributed by atoms with Gasteiger partial charge in [0.05, 0.1) is 13.2 Å². The first-order valence-corrected chi connectivity index (χ1v) is 9.51. The summed E-state index contributed by atoms with van der Waals surface area (Å²) in [6.45, 7) is 6.55. The highest BCUT2D eigenvalue weighted by Crippen LogP contribution is 2.26. The normalized spacial score (nSPS) is 20.4. The summed E-state index contributed by atoms with van der Waals surface area (Å²) in [7, 11) is 1.15. The van der Waals surface area contributed by atoms with Gasteiger partial charge in [0, 0.05) is 6.54 Å². The largest absolute Gasteiger partial charge is 0.453 e. The van der Waals surface area contributed by atoms with Crippen molar-refractivity contribution in [2.24, 2.45) is 11.8 Å². The highest BCUT2D eigenvalue weighted by molar-refractivity contribution is 5.92. The van der Waals surface area contributed by atoms with Crippen LogP contribution in [0.1, 0.15) is 40.5 Å². The van der Waals surface area contributed by atoms with Crippen molar-refractivity contribution < 1.29 is 37.4 Å². The first-order valence-electron chi connectivity index (χ1n) is 9.51. The van der Waals surface area contributed by atoms with Crippen molar-refractivity contribution in [3.63, 3.8) is 0 Å². The molecule has 1 saturated heterocycles. The molecule has 1 aliphatic rings. The van der Waals surface area contributed by atoms with Gasteiger partial charge >= 0.3 is 12.3 Å². The zero-order valence-corrected chi connectivity index (χ0v) is 17.2. The maximum Gasteiger partial charge on any atom is 0.416 e. The number of amides is 3. The third-order valence-electron chi connectivity index (χ3n) is 4.93. The molecule has 3 amide bonds. The van der Waals surface area contributed by atoms with Crippen LogP contribution in [0.4, 0.5) is 18.0 Å². The van der Waals surface area contributed by atoms with E-state index in [2.05, 4.69) is 15.4 Å². The third-order valence-corrected chi connectivity index (χ3v) is 4.93. The van der Waals surface area contributed by atoms with E-state index in [0.717, 1.165) is 7.11 Å². The minimum atomic E-state index is -4.89. The van der Waals surface area contributed by atoms with Crippen molar-refractivity contribution in [1.29, 1.82) is 0 Å². The number of nitrogens with zero attached hydrogens (tertiary/aromatic N) is 1.